The summed E-state index contributed by atoms with van der Waals surface area (Å²) in [5.74, 6) is 0.849. The molecule has 0 saturated heterocycles. The highest BCUT2D eigenvalue weighted by atomic mass is 31.2. The Kier molecular flexibility index (Phi) is 11.0. The van der Waals surface area contributed by atoms with Crippen LogP contribution < -0.4 is 18.1 Å². The maximum absolute atomic E-state index is 11.8. The van der Waals surface area contributed by atoms with Crippen LogP contribution >= 0.6 is 17.2 Å². The number of hydrogen-bond acceptors (Lipinski definition) is 9. The second-order valence-corrected chi connectivity index (χ2v) is 11.1. The van der Waals surface area contributed by atoms with Gasteiger partial charge in [0.1, 0.15) is 29.1 Å². The van der Waals surface area contributed by atoms with E-state index in [1.54, 1.807) is 97.1 Å². The van der Waals surface area contributed by atoms with E-state index >= 15 is 0 Å². The van der Waals surface area contributed by atoms with Gasteiger partial charge in [0, 0.05) is 5.56 Å². The molecule has 0 spiro atoms. The first-order chi connectivity index (χ1) is 22.1. The van der Waals surface area contributed by atoms with Gasteiger partial charge in [-0.05, 0) is 48.0 Å². The van der Waals surface area contributed by atoms with Crippen LogP contribution in [0.1, 0.15) is 48.3 Å². The average molecular weight is 641 g/mol. The Labute approximate surface area is 261 Å². The van der Waals surface area contributed by atoms with E-state index < -0.39 is 23.3 Å². The Bertz CT molecular complexity index is 1700. The molecule has 0 aliphatic carbocycles. The lowest BCUT2D eigenvalue weighted by Crippen LogP contribution is -2.11. The first-order valence-electron chi connectivity index (χ1n) is 13.5. The fourth-order valence-electron chi connectivity index (χ4n) is 4.18. The first kappa shape index (κ1) is 31.5. The lowest BCUT2D eigenvalue weighted by molar-refractivity contribution is 0.111. The standard InChI is InChI=1S/C34H26O9P2/c35-22-26-14-4-8-18-30(26)39-44(38)40-33-21-11-7-17-29(33)34(25-12-2-1-3-13-25)43-45(41-31-19-9-5-15-27(31)23-36)42-32-20-10-6-16-28(32)24-37/h1-24,34,38H. The molecule has 0 bridgehead atoms. The van der Waals surface area contributed by atoms with Crippen LogP contribution in [-0.4, -0.2) is 23.8 Å². The van der Waals surface area contributed by atoms with Crippen LogP contribution in [0.4, 0.5) is 0 Å². The average Bonchev–Trinajstić information content (AvgIpc) is 3.08. The molecule has 5 aromatic rings. The fourth-order valence-corrected chi connectivity index (χ4v) is 6.07. The molecule has 45 heavy (non-hydrogen) atoms. The van der Waals surface area contributed by atoms with Crippen molar-refractivity contribution in [2.75, 3.05) is 0 Å². The summed E-state index contributed by atoms with van der Waals surface area (Å²) in [5, 5.41) is 0. The SMILES string of the molecule is O=Cc1ccccc1OP(O)Oc1ccccc1C(OP(Oc1ccccc1C=O)Oc1ccccc1C=O)c1ccccc1. The number of hydrogen-bond donors (Lipinski definition) is 1. The smallest absolute Gasteiger partial charge is 0.417 e. The van der Waals surface area contributed by atoms with Gasteiger partial charge in [0.05, 0.1) is 16.7 Å². The van der Waals surface area contributed by atoms with E-state index in [1.165, 1.54) is 0 Å². The van der Waals surface area contributed by atoms with Crippen molar-refractivity contribution in [3.05, 3.63) is 155 Å². The topological polar surface area (TPSA) is 118 Å². The molecular weight excluding hydrogens is 614 g/mol. The number of rotatable bonds is 15. The third kappa shape index (κ3) is 8.18. The molecule has 11 heteroatoms. The minimum absolute atomic E-state index is 0.169. The van der Waals surface area contributed by atoms with Gasteiger partial charge in [-0.1, -0.05) is 84.9 Å². The van der Waals surface area contributed by atoms with Crippen molar-refractivity contribution in [3.63, 3.8) is 0 Å². The molecule has 0 aliphatic rings. The summed E-state index contributed by atoms with van der Waals surface area (Å²) in [5.41, 5.74) is 1.99. The summed E-state index contributed by atoms with van der Waals surface area (Å²) < 4.78 is 30.4. The maximum atomic E-state index is 11.8. The highest BCUT2D eigenvalue weighted by molar-refractivity contribution is 7.42. The molecule has 0 aliphatic heterocycles. The van der Waals surface area contributed by atoms with Crippen LogP contribution in [0.3, 0.4) is 0 Å². The summed E-state index contributed by atoms with van der Waals surface area (Å²) in [6, 6.07) is 35.8. The molecular formula is C34H26O9P2. The van der Waals surface area contributed by atoms with Gasteiger partial charge in [0.25, 0.3) is 0 Å². The molecule has 9 nitrogen and oxygen atoms in total. The van der Waals surface area contributed by atoms with E-state index in [0.29, 0.717) is 30.0 Å². The summed E-state index contributed by atoms with van der Waals surface area (Å²) in [6.07, 6.45) is 1.06. The Morgan fingerprint density at radius 3 is 1.40 bits per heavy atom. The summed E-state index contributed by atoms with van der Waals surface area (Å²) in [6.45, 7) is 0. The van der Waals surface area contributed by atoms with Crippen molar-refractivity contribution < 1.29 is 41.9 Å². The zero-order chi connectivity index (χ0) is 31.4. The predicted octanol–water partition coefficient (Wildman–Crippen LogP) is 8.29. The highest BCUT2D eigenvalue weighted by Crippen LogP contribution is 2.50. The zero-order valence-corrected chi connectivity index (χ0v) is 25.3. The highest BCUT2D eigenvalue weighted by Gasteiger charge is 2.30. The first-order valence-corrected chi connectivity index (χ1v) is 15.8. The molecule has 0 heterocycles. The molecule has 226 valence electrons. The minimum Gasteiger partial charge on any atom is -0.417 e. The molecule has 0 amide bonds. The van der Waals surface area contributed by atoms with E-state index in [0.717, 1.165) is 0 Å². The molecule has 0 radical (unpaired) electrons. The van der Waals surface area contributed by atoms with Crippen LogP contribution in [-0.2, 0) is 4.52 Å². The number of aldehydes is 3. The van der Waals surface area contributed by atoms with Crippen LogP contribution in [0, 0.1) is 0 Å². The fraction of sp³-hybridized carbons (Fsp3) is 0.0294. The third-order valence-electron chi connectivity index (χ3n) is 6.33. The Morgan fingerprint density at radius 2 is 0.889 bits per heavy atom. The lowest BCUT2D eigenvalue weighted by Gasteiger charge is -2.26. The van der Waals surface area contributed by atoms with Crippen molar-refractivity contribution >= 4 is 36.1 Å². The van der Waals surface area contributed by atoms with Gasteiger partial charge in [-0.3, -0.25) is 18.9 Å². The van der Waals surface area contributed by atoms with Crippen molar-refractivity contribution in [1.82, 2.24) is 0 Å². The van der Waals surface area contributed by atoms with Crippen molar-refractivity contribution in [2.24, 2.45) is 0 Å². The maximum Gasteiger partial charge on any atom is 0.464 e. The summed E-state index contributed by atoms with van der Waals surface area (Å²) >= 11 is 0. The Hall–Kier alpha value is -4.91. The van der Waals surface area contributed by atoms with Crippen molar-refractivity contribution in [2.45, 2.75) is 6.10 Å². The van der Waals surface area contributed by atoms with Gasteiger partial charge in [-0.2, -0.15) is 0 Å². The van der Waals surface area contributed by atoms with Gasteiger partial charge in [-0.15, -0.1) is 0 Å². The molecule has 0 fully saturated rings. The van der Waals surface area contributed by atoms with Crippen molar-refractivity contribution in [1.29, 1.82) is 0 Å². The largest absolute Gasteiger partial charge is 0.464 e. The number of carbonyl (C=O) groups excluding carboxylic acids is 3. The van der Waals surface area contributed by atoms with Crippen LogP contribution in [0.5, 0.6) is 23.0 Å². The predicted molar refractivity (Wildman–Crippen MR) is 170 cm³/mol. The summed E-state index contributed by atoms with van der Waals surface area (Å²) in [4.78, 5) is 45.8. The van der Waals surface area contributed by atoms with Gasteiger partial charge in [-0.25, -0.2) is 0 Å². The van der Waals surface area contributed by atoms with E-state index in [2.05, 4.69) is 0 Å². The lowest BCUT2D eigenvalue weighted by atomic mass is 10.0. The summed E-state index contributed by atoms with van der Waals surface area (Å²) in [7, 11) is -4.85. The third-order valence-corrected chi connectivity index (χ3v) is 8.11. The number of carbonyl (C=O) groups is 3. The number of para-hydroxylation sites is 4. The van der Waals surface area contributed by atoms with Crippen LogP contribution in [0.25, 0.3) is 0 Å². The van der Waals surface area contributed by atoms with Gasteiger partial charge in [0.2, 0.25) is 0 Å². The monoisotopic (exact) mass is 640 g/mol. The second-order valence-electron chi connectivity index (χ2n) is 9.23. The molecule has 0 aromatic heterocycles. The molecule has 5 aromatic carbocycles. The van der Waals surface area contributed by atoms with E-state index in [9.17, 15) is 19.3 Å². The normalized spacial score (nSPS) is 12.0. The molecule has 0 saturated carbocycles. The molecule has 2 atom stereocenters. The van der Waals surface area contributed by atoms with E-state index in [1.807, 2.05) is 30.3 Å². The molecule has 2 unspecified atom stereocenters. The Morgan fingerprint density at radius 1 is 0.489 bits per heavy atom. The number of benzene rings is 5. The zero-order valence-electron chi connectivity index (χ0n) is 23.5. The second kappa shape index (κ2) is 15.7. The van der Waals surface area contributed by atoms with Crippen LogP contribution in [0.2, 0.25) is 0 Å². The molecule has 5 rings (SSSR count). The van der Waals surface area contributed by atoms with Crippen molar-refractivity contribution in [3.8, 4) is 23.0 Å². The van der Waals surface area contributed by atoms with Gasteiger partial charge >= 0.3 is 17.2 Å². The quantitative estimate of drug-likeness (QED) is 0.0891. The van der Waals surface area contributed by atoms with Crippen LogP contribution in [0.15, 0.2) is 127 Å². The Balaban J connectivity index is 1.51. The minimum atomic E-state index is -2.53. The van der Waals surface area contributed by atoms with E-state index in [-0.39, 0.29) is 39.7 Å². The van der Waals surface area contributed by atoms with Gasteiger partial charge in [0.15, 0.2) is 18.9 Å². The van der Waals surface area contributed by atoms with E-state index in [4.69, 9.17) is 22.6 Å². The molecule has 1 N–H and O–H groups in total. The van der Waals surface area contributed by atoms with Gasteiger partial charge < -0.3 is 23.0 Å².